The van der Waals surface area contributed by atoms with Gasteiger partial charge in [0, 0.05) is 48.4 Å². The Hall–Kier alpha value is -2.57. The predicted octanol–water partition coefficient (Wildman–Crippen LogP) is 4.63. The molecule has 3 heterocycles. The van der Waals surface area contributed by atoms with Gasteiger partial charge in [0.25, 0.3) is 0 Å². The molecule has 2 fully saturated rings. The van der Waals surface area contributed by atoms with Crippen molar-refractivity contribution in [2.45, 2.75) is 18.8 Å². The van der Waals surface area contributed by atoms with Gasteiger partial charge in [-0.15, -0.1) is 0 Å². The Morgan fingerprint density at radius 1 is 1.10 bits per heavy atom. The molecule has 2 amide bonds. The van der Waals surface area contributed by atoms with Gasteiger partial charge in [0.1, 0.15) is 5.82 Å². The summed E-state index contributed by atoms with van der Waals surface area (Å²) in [5.41, 5.74) is 3.22. The number of amides is 2. The van der Waals surface area contributed by atoms with Crippen LogP contribution in [0.5, 0.6) is 0 Å². The van der Waals surface area contributed by atoms with E-state index < -0.39 is 6.50 Å². The maximum Gasteiger partial charge on any atom is 0.317 e. The molecule has 2 aromatic carbocycles. The summed E-state index contributed by atoms with van der Waals surface area (Å²) < 4.78 is 30.9. The molecule has 0 radical (unpaired) electrons. The molecule has 1 aromatic heterocycles. The minimum Gasteiger partial charge on any atom is -0.336 e. The number of hydrogen-bond donors (Lipinski definition) is 1. The van der Waals surface area contributed by atoms with Gasteiger partial charge in [-0.2, -0.15) is 0 Å². The third kappa shape index (κ3) is 4.14. The monoisotopic (exact) mass is 442 g/mol. The largest absolute Gasteiger partial charge is 0.336 e. The van der Waals surface area contributed by atoms with Gasteiger partial charge in [-0.1, -0.05) is 11.6 Å². The Morgan fingerprint density at radius 2 is 1.87 bits per heavy atom. The Kier molecular flexibility index (Phi) is 4.96. The van der Waals surface area contributed by atoms with Crippen LogP contribution in [0.3, 0.4) is 0 Å². The van der Waals surface area contributed by atoms with E-state index in [-0.39, 0.29) is 18.4 Å². The van der Waals surface area contributed by atoms with Crippen LogP contribution in [0.4, 0.5) is 9.18 Å². The van der Waals surface area contributed by atoms with Crippen LogP contribution < -0.4 is 5.32 Å². The fourth-order valence-electron chi connectivity index (χ4n) is 4.64. The second-order valence-corrected chi connectivity index (χ2v) is 8.67. The van der Waals surface area contributed by atoms with Crippen molar-refractivity contribution < 1.29 is 11.9 Å². The molecule has 0 atom stereocenters. The van der Waals surface area contributed by atoms with Crippen LogP contribution in [0.2, 0.25) is 5.02 Å². The van der Waals surface area contributed by atoms with Crippen LogP contribution in [0.25, 0.3) is 16.6 Å². The number of fused-ring (bicyclic) bond motifs is 1. The number of hydrogen-bond acceptors (Lipinski definition) is 2. The molecule has 2 aliphatic rings. The molecular weight excluding hydrogens is 415 g/mol. The van der Waals surface area contributed by atoms with Crippen molar-refractivity contribution in [2.75, 3.05) is 39.2 Å². The molecule has 0 unspecified atom stereocenters. The molecule has 0 saturated carbocycles. The molecule has 7 heteroatoms. The molecular formula is C24H26ClFN4O. The summed E-state index contributed by atoms with van der Waals surface area (Å²) in [6.07, 6.45) is 4.13. The highest BCUT2D eigenvalue weighted by atomic mass is 35.5. The molecule has 0 bridgehead atoms. The van der Waals surface area contributed by atoms with Crippen LogP contribution in [0, 0.1) is 5.82 Å². The Labute approximate surface area is 189 Å². The van der Waals surface area contributed by atoms with Gasteiger partial charge in [0.2, 0.25) is 0 Å². The Bertz CT molecular complexity index is 1180. The third-order valence-electron chi connectivity index (χ3n) is 6.37. The molecule has 2 aliphatic heterocycles. The first-order valence-corrected chi connectivity index (χ1v) is 11.0. The van der Waals surface area contributed by atoms with E-state index in [9.17, 15) is 9.18 Å². The van der Waals surface area contributed by atoms with E-state index in [1.807, 2.05) is 18.2 Å². The lowest BCUT2D eigenvalue weighted by atomic mass is 9.89. The smallest absolute Gasteiger partial charge is 0.317 e. The summed E-state index contributed by atoms with van der Waals surface area (Å²) in [5.74, 6) is 0.126. The standard InChI is InChI=1S/C24H26ClFN4O/c25-18-1-6-23-21(15-18)22(16-30(23)20-4-2-19(26)3-5-20)17-7-10-28(11-8-17)13-14-29-12-9-27-24(29)31/h1-6,15-17H,7-14H2,(H,27,31)/i9D2. The van der Waals surface area contributed by atoms with Gasteiger partial charge < -0.3 is 19.7 Å². The maximum absolute atomic E-state index is 13.4. The van der Waals surface area contributed by atoms with E-state index in [0.29, 0.717) is 17.5 Å². The van der Waals surface area contributed by atoms with E-state index in [0.717, 1.165) is 49.1 Å². The quantitative estimate of drug-likeness (QED) is 0.626. The van der Waals surface area contributed by atoms with Crippen LogP contribution in [0.15, 0.2) is 48.7 Å². The third-order valence-corrected chi connectivity index (χ3v) is 6.60. The summed E-state index contributed by atoms with van der Waals surface area (Å²) in [7, 11) is 0. The van der Waals surface area contributed by atoms with E-state index in [4.69, 9.17) is 14.3 Å². The number of benzene rings is 2. The number of halogens is 2. The lowest BCUT2D eigenvalue weighted by Crippen LogP contribution is -2.40. The van der Waals surface area contributed by atoms with Crippen LogP contribution in [-0.4, -0.2) is 59.6 Å². The van der Waals surface area contributed by atoms with Gasteiger partial charge in [0.05, 0.1) is 8.26 Å². The molecule has 0 aliphatic carbocycles. The number of carbonyl (C=O) groups is 1. The predicted molar refractivity (Wildman–Crippen MR) is 122 cm³/mol. The van der Waals surface area contributed by atoms with Crippen LogP contribution in [0.1, 0.15) is 27.1 Å². The van der Waals surface area contributed by atoms with Crippen LogP contribution in [-0.2, 0) is 0 Å². The second kappa shape index (κ2) is 8.52. The molecule has 0 spiro atoms. The summed E-state index contributed by atoms with van der Waals surface area (Å²) in [6.45, 7) is 1.53. The van der Waals surface area contributed by atoms with Crippen LogP contribution >= 0.6 is 11.6 Å². The highest BCUT2D eigenvalue weighted by Crippen LogP contribution is 2.36. The zero-order valence-corrected chi connectivity index (χ0v) is 17.9. The topological polar surface area (TPSA) is 40.5 Å². The zero-order valence-electron chi connectivity index (χ0n) is 19.2. The number of urea groups is 1. The Morgan fingerprint density at radius 3 is 2.58 bits per heavy atom. The van der Waals surface area contributed by atoms with Gasteiger partial charge in [-0.25, -0.2) is 9.18 Å². The van der Waals surface area contributed by atoms with Crippen molar-refractivity contribution in [2.24, 2.45) is 0 Å². The van der Waals surface area contributed by atoms with Gasteiger partial charge in [0.15, 0.2) is 0 Å². The summed E-state index contributed by atoms with van der Waals surface area (Å²) >= 11 is 6.33. The first-order chi connectivity index (χ1) is 15.8. The molecule has 2 saturated heterocycles. The highest BCUT2D eigenvalue weighted by Gasteiger charge is 2.26. The summed E-state index contributed by atoms with van der Waals surface area (Å²) in [6, 6.07) is 12.1. The number of aromatic nitrogens is 1. The molecule has 5 rings (SSSR count). The number of carbonyl (C=O) groups excluding carboxylic acids is 1. The lowest BCUT2D eigenvalue weighted by Gasteiger charge is -2.32. The van der Waals surface area contributed by atoms with E-state index in [2.05, 4.69) is 21.0 Å². The summed E-state index contributed by atoms with van der Waals surface area (Å²) in [4.78, 5) is 15.8. The molecule has 31 heavy (non-hydrogen) atoms. The number of nitrogens with zero attached hydrogens (tertiary/aromatic N) is 3. The van der Waals surface area contributed by atoms with E-state index in [1.54, 1.807) is 17.0 Å². The molecule has 162 valence electrons. The minimum absolute atomic E-state index is 0.0892. The van der Waals surface area contributed by atoms with Gasteiger partial charge in [-0.05, 0) is 79.9 Å². The number of likely N-dealkylation sites (tertiary alicyclic amines) is 1. The second-order valence-electron chi connectivity index (χ2n) is 8.24. The van der Waals surface area contributed by atoms with Crippen molar-refractivity contribution in [1.29, 1.82) is 0 Å². The van der Waals surface area contributed by atoms with Gasteiger partial charge >= 0.3 is 6.03 Å². The Balaban J connectivity index is 1.30. The first-order valence-electron chi connectivity index (χ1n) is 11.6. The molecule has 3 aromatic rings. The van der Waals surface area contributed by atoms with Crippen molar-refractivity contribution in [1.82, 2.24) is 19.7 Å². The average Bonchev–Trinajstić information content (AvgIpc) is 3.28. The zero-order chi connectivity index (χ0) is 23.2. The van der Waals surface area contributed by atoms with E-state index in [1.165, 1.54) is 17.7 Å². The fraction of sp³-hybridized carbons (Fsp3) is 0.375. The van der Waals surface area contributed by atoms with Crippen molar-refractivity contribution in [3.8, 4) is 5.69 Å². The van der Waals surface area contributed by atoms with E-state index >= 15 is 0 Å². The molecule has 1 N–H and O–H groups in total. The number of nitrogens with one attached hydrogen (secondary N) is 1. The SMILES string of the molecule is [2H]C1([2H])CN(CCN2CCC(c3cn(-c4ccc(F)cc4)c4ccc(Cl)cc34)CC2)C(=O)N1. The molecule has 5 nitrogen and oxygen atoms in total. The van der Waals surface area contributed by atoms with Crippen molar-refractivity contribution in [3.05, 3.63) is 65.1 Å². The van der Waals surface area contributed by atoms with Gasteiger partial charge in [-0.3, -0.25) is 0 Å². The highest BCUT2D eigenvalue weighted by molar-refractivity contribution is 6.31. The average molecular weight is 443 g/mol. The number of piperidine rings is 1. The van der Waals surface area contributed by atoms with Crippen molar-refractivity contribution in [3.63, 3.8) is 0 Å². The lowest BCUT2D eigenvalue weighted by molar-refractivity contribution is 0.181. The summed E-state index contributed by atoms with van der Waals surface area (Å²) in [5, 5.41) is 4.19. The fourth-order valence-corrected chi connectivity index (χ4v) is 4.81. The van der Waals surface area contributed by atoms with Crippen molar-refractivity contribution >= 4 is 28.5 Å². The normalized spacial score (nSPS) is 20.7. The first kappa shape index (κ1) is 18.0. The maximum atomic E-state index is 13.4. The minimum atomic E-state index is -1.65. The number of rotatable bonds is 5.